The summed E-state index contributed by atoms with van der Waals surface area (Å²) in [5.74, 6) is -1.57. The van der Waals surface area contributed by atoms with Crippen LogP contribution in [-0.2, 0) is 33.3 Å². The second kappa shape index (κ2) is 19.7. The average Bonchev–Trinajstić information content (AvgIpc) is 2.93. The highest BCUT2D eigenvalue weighted by Crippen LogP contribution is 2.21. The van der Waals surface area contributed by atoms with Crippen molar-refractivity contribution in [1.82, 2.24) is 0 Å². The zero-order valence-electron chi connectivity index (χ0n) is 23.0. The van der Waals surface area contributed by atoms with Crippen molar-refractivity contribution in [2.24, 2.45) is 0 Å². The predicted octanol–water partition coefficient (Wildman–Crippen LogP) is 4.99. The van der Waals surface area contributed by atoms with Crippen molar-refractivity contribution in [2.75, 3.05) is 13.2 Å². The molecule has 0 aromatic carbocycles. The van der Waals surface area contributed by atoms with Crippen LogP contribution in [0.4, 0.5) is 0 Å². The number of carboxylic acid groups (broad SMARTS) is 1. The lowest BCUT2D eigenvalue weighted by Crippen LogP contribution is -2.28. The van der Waals surface area contributed by atoms with Gasteiger partial charge in [0.2, 0.25) is 0 Å². The van der Waals surface area contributed by atoms with Crippen LogP contribution < -0.4 is 0 Å². The fourth-order valence-corrected chi connectivity index (χ4v) is 4.45. The molecule has 2 heterocycles. The van der Waals surface area contributed by atoms with Gasteiger partial charge in [0.1, 0.15) is 6.10 Å². The van der Waals surface area contributed by atoms with Gasteiger partial charge in [-0.2, -0.15) is 0 Å². The van der Waals surface area contributed by atoms with Gasteiger partial charge in [-0.3, -0.25) is 0 Å². The van der Waals surface area contributed by atoms with Crippen molar-refractivity contribution < 1.29 is 43.5 Å². The van der Waals surface area contributed by atoms with Crippen LogP contribution in [-0.4, -0.2) is 72.4 Å². The van der Waals surface area contributed by atoms with Gasteiger partial charge in [0.25, 0.3) is 0 Å². The minimum Gasteiger partial charge on any atom is -0.478 e. The Morgan fingerprint density at radius 1 is 0.821 bits per heavy atom. The molecule has 2 fully saturated rings. The Morgan fingerprint density at radius 3 is 1.90 bits per heavy atom. The first-order valence-electron chi connectivity index (χ1n) is 14.1. The lowest BCUT2D eigenvalue weighted by atomic mass is 10.1. The van der Waals surface area contributed by atoms with E-state index in [-0.39, 0.29) is 12.6 Å². The quantitative estimate of drug-likeness (QED) is 0.130. The molecule has 2 N–H and O–H groups in total. The van der Waals surface area contributed by atoms with E-state index in [4.69, 9.17) is 28.8 Å². The summed E-state index contributed by atoms with van der Waals surface area (Å²) < 4.78 is 29.1. The van der Waals surface area contributed by atoms with E-state index in [9.17, 15) is 14.7 Å². The fourth-order valence-electron chi connectivity index (χ4n) is 4.45. The van der Waals surface area contributed by atoms with Crippen molar-refractivity contribution in [1.29, 1.82) is 0 Å². The highest BCUT2D eigenvalue weighted by Gasteiger charge is 2.22. The Labute approximate surface area is 232 Å². The molecular formula is C30H46O9. The monoisotopic (exact) mass is 550 g/mol. The van der Waals surface area contributed by atoms with Crippen LogP contribution in [0.2, 0.25) is 0 Å². The van der Waals surface area contributed by atoms with Gasteiger partial charge in [0, 0.05) is 31.8 Å². The number of aliphatic hydroxyl groups is 1. The smallest absolute Gasteiger partial charge is 0.330 e. The molecule has 2 aliphatic rings. The first kappa shape index (κ1) is 32.9. The molecule has 0 radical (unpaired) electrons. The molecule has 0 aromatic rings. The highest BCUT2D eigenvalue weighted by molar-refractivity contribution is 5.82. The minimum absolute atomic E-state index is 0.335. The molecule has 0 amide bonds. The third kappa shape index (κ3) is 15.2. The van der Waals surface area contributed by atoms with Crippen molar-refractivity contribution in [3.63, 3.8) is 0 Å². The molecule has 39 heavy (non-hydrogen) atoms. The maximum absolute atomic E-state index is 12.7. The van der Waals surface area contributed by atoms with Gasteiger partial charge >= 0.3 is 11.9 Å². The predicted molar refractivity (Wildman–Crippen MR) is 147 cm³/mol. The molecule has 0 saturated carbocycles. The number of carbonyl (C=O) groups excluding carboxylic acids is 1. The van der Waals surface area contributed by atoms with Crippen LogP contribution in [0.3, 0.4) is 0 Å². The number of aliphatic carboxylic acids is 1. The highest BCUT2D eigenvalue weighted by atomic mass is 16.7. The van der Waals surface area contributed by atoms with E-state index in [2.05, 4.69) is 13.2 Å². The molecule has 0 aromatic heterocycles. The van der Waals surface area contributed by atoms with E-state index in [1.165, 1.54) is 12.2 Å². The van der Waals surface area contributed by atoms with Gasteiger partial charge in [-0.25, -0.2) is 9.59 Å². The van der Waals surface area contributed by atoms with Gasteiger partial charge in [-0.15, -0.1) is 13.2 Å². The van der Waals surface area contributed by atoms with E-state index in [0.717, 1.165) is 44.6 Å². The topological polar surface area (TPSA) is 121 Å². The van der Waals surface area contributed by atoms with Crippen LogP contribution in [0.25, 0.3) is 0 Å². The SMILES string of the molecule is C=CC[C@H](O)CC[C@H](/C=C/C(=O)O[C@H](CC=C)CC[C@H](/C=C/C(=O)O)OC1CCCCO1)OC1CCCCO1. The summed E-state index contributed by atoms with van der Waals surface area (Å²) in [6.45, 7) is 8.69. The number of ether oxygens (including phenoxy) is 5. The molecule has 2 saturated heterocycles. The van der Waals surface area contributed by atoms with Gasteiger partial charge in [-0.1, -0.05) is 12.2 Å². The van der Waals surface area contributed by atoms with Crippen LogP contribution in [0, 0.1) is 0 Å². The van der Waals surface area contributed by atoms with Crippen molar-refractivity contribution in [2.45, 2.75) is 114 Å². The lowest BCUT2D eigenvalue weighted by molar-refractivity contribution is -0.181. The summed E-state index contributed by atoms with van der Waals surface area (Å²) in [5.41, 5.74) is 0. The first-order valence-corrected chi connectivity index (χ1v) is 14.1. The molecule has 9 heteroatoms. The summed E-state index contributed by atoms with van der Waals surface area (Å²) in [6.07, 6.45) is 14.8. The van der Waals surface area contributed by atoms with Crippen molar-refractivity contribution in [3.8, 4) is 0 Å². The molecular weight excluding hydrogens is 504 g/mol. The zero-order chi connectivity index (χ0) is 28.3. The second-order valence-corrected chi connectivity index (χ2v) is 9.91. The molecule has 2 unspecified atom stereocenters. The van der Waals surface area contributed by atoms with Crippen LogP contribution in [0.1, 0.15) is 77.0 Å². The maximum Gasteiger partial charge on any atom is 0.330 e. The molecule has 220 valence electrons. The standard InChI is InChI=1S/C30H46O9/c1-3-9-23(31)13-14-25(38-29-11-5-7-21-35-29)18-20-28(34)37-24(10-4-2)15-16-26(17-19-27(32)33)39-30-12-6-8-22-36-30/h3-4,17-20,23-26,29-31H,1-2,5-16,21-22H2,(H,32,33)/b19-17+,20-18+/t23-,24+,25+,26+,29?,30?/m0/s1. The van der Waals surface area contributed by atoms with Crippen LogP contribution in [0.5, 0.6) is 0 Å². The van der Waals surface area contributed by atoms with E-state index in [0.29, 0.717) is 51.7 Å². The maximum atomic E-state index is 12.7. The summed E-state index contributed by atoms with van der Waals surface area (Å²) in [6, 6.07) is 0. The van der Waals surface area contributed by atoms with Gasteiger partial charge in [0.15, 0.2) is 12.6 Å². The number of hydrogen-bond acceptors (Lipinski definition) is 8. The van der Waals surface area contributed by atoms with E-state index in [1.807, 2.05) is 0 Å². The average molecular weight is 551 g/mol. The number of aliphatic hydroxyl groups excluding tert-OH is 1. The number of hydrogen-bond donors (Lipinski definition) is 2. The Morgan fingerprint density at radius 2 is 1.38 bits per heavy atom. The molecule has 2 rings (SSSR count). The number of rotatable bonds is 19. The Hall–Kier alpha value is -2.30. The van der Waals surface area contributed by atoms with Crippen molar-refractivity contribution in [3.05, 3.63) is 49.6 Å². The molecule has 0 bridgehead atoms. The van der Waals surface area contributed by atoms with Crippen LogP contribution in [0.15, 0.2) is 49.6 Å². The summed E-state index contributed by atoms with van der Waals surface area (Å²) in [7, 11) is 0. The molecule has 0 aliphatic carbocycles. The molecule has 2 aliphatic heterocycles. The summed E-state index contributed by atoms with van der Waals surface area (Å²) >= 11 is 0. The normalized spacial score (nSPS) is 23.2. The largest absolute Gasteiger partial charge is 0.478 e. The third-order valence-corrected chi connectivity index (χ3v) is 6.54. The second-order valence-electron chi connectivity index (χ2n) is 9.91. The zero-order valence-corrected chi connectivity index (χ0v) is 23.0. The Bertz CT molecular complexity index is 781. The summed E-state index contributed by atoms with van der Waals surface area (Å²) in [4.78, 5) is 23.8. The van der Waals surface area contributed by atoms with Crippen molar-refractivity contribution >= 4 is 11.9 Å². The summed E-state index contributed by atoms with van der Waals surface area (Å²) in [5, 5.41) is 19.1. The lowest BCUT2D eigenvalue weighted by Gasteiger charge is -2.27. The van der Waals surface area contributed by atoms with E-state index >= 15 is 0 Å². The van der Waals surface area contributed by atoms with Gasteiger partial charge in [-0.05, 0) is 82.8 Å². The Kier molecular flexibility index (Phi) is 16.6. The third-order valence-electron chi connectivity index (χ3n) is 6.54. The molecule has 6 atom stereocenters. The molecule has 9 nitrogen and oxygen atoms in total. The number of carboxylic acids is 1. The van der Waals surface area contributed by atoms with Crippen LogP contribution >= 0.6 is 0 Å². The minimum atomic E-state index is -1.06. The number of carbonyl (C=O) groups is 2. The van der Waals surface area contributed by atoms with Gasteiger partial charge < -0.3 is 33.9 Å². The fraction of sp³-hybridized carbons (Fsp3) is 0.667. The van der Waals surface area contributed by atoms with E-state index < -0.39 is 36.4 Å². The molecule has 0 spiro atoms. The van der Waals surface area contributed by atoms with Gasteiger partial charge in [0.05, 0.1) is 18.3 Å². The first-order chi connectivity index (χ1) is 18.9. The van der Waals surface area contributed by atoms with E-state index in [1.54, 1.807) is 18.2 Å². The Balaban J connectivity index is 1.94. The number of esters is 1.